The van der Waals surface area contributed by atoms with Crippen molar-refractivity contribution >= 4 is 17.2 Å². The number of aliphatic hydroxyl groups excluding tert-OH is 1. The van der Waals surface area contributed by atoms with Gasteiger partial charge in [-0.25, -0.2) is 0 Å². The summed E-state index contributed by atoms with van der Waals surface area (Å²) >= 11 is 1.75. The molecule has 1 N–H and O–H groups in total. The molecule has 1 aromatic heterocycles. The Kier molecular flexibility index (Phi) is 3.61. The highest BCUT2D eigenvalue weighted by atomic mass is 32.1. The molecule has 3 nitrogen and oxygen atoms in total. The van der Waals surface area contributed by atoms with Crippen molar-refractivity contribution in [3.05, 3.63) is 21.9 Å². The van der Waals surface area contributed by atoms with Gasteiger partial charge >= 0.3 is 0 Å². The fourth-order valence-electron chi connectivity index (χ4n) is 2.27. The summed E-state index contributed by atoms with van der Waals surface area (Å²) in [6, 6.07) is 2.08. The molecule has 0 saturated heterocycles. The standard InChI is InChI=1S/C12H17NO2S/c1-13(6-7-14)12(15)10-3-2-4-11-9(10)5-8-16-11/h5,8,10,14H,2-4,6-7H2,1H3. The summed E-state index contributed by atoms with van der Waals surface area (Å²) in [6.07, 6.45) is 3.15. The summed E-state index contributed by atoms with van der Waals surface area (Å²) in [5, 5.41) is 10.9. The molecule has 1 amide bonds. The van der Waals surface area contributed by atoms with Gasteiger partial charge in [0.25, 0.3) is 0 Å². The molecule has 1 heterocycles. The molecular weight excluding hydrogens is 222 g/mol. The molecule has 0 saturated carbocycles. The van der Waals surface area contributed by atoms with Crippen LogP contribution >= 0.6 is 11.3 Å². The Labute approximate surface area is 99.7 Å². The molecule has 0 aliphatic heterocycles. The molecular formula is C12H17NO2S. The van der Waals surface area contributed by atoms with Crippen LogP contribution in [0.5, 0.6) is 0 Å². The first kappa shape index (κ1) is 11.6. The van der Waals surface area contributed by atoms with Crippen LogP contribution < -0.4 is 0 Å². The third kappa shape index (κ3) is 2.13. The highest BCUT2D eigenvalue weighted by molar-refractivity contribution is 7.10. The first-order chi connectivity index (χ1) is 7.74. The lowest BCUT2D eigenvalue weighted by Crippen LogP contribution is -2.34. The number of carbonyl (C=O) groups is 1. The van der Waals surface area contributed by atoms with Gasteiger partial charge in [-0.15, -0.1) is 11.3 Å². The van der Waals surface area contributed by atoms with Gasteiger partial charge in [0.2, 0.25) is 5.91 Å². The van der Waals surface area contributed by atoms with Crippen molar-refractivity contribution < 1.29 is 9.90 Å². The van der Waals surface area contributed by atoms with Crippen LogP contribution in [-0.4, -0.2) is 36.1 Å². The predicted molar refractivity (Wildman–Crippen MR) is 64.7 cm³/mol. The van der Waals surface area contributed by atoms with E-state index < -0.39 is 0 Å². The maximum absolute atomic E-state index is 12.2. The fourth-order valence-corrected chi connectivity index (χ4v) is 3.26. The van der Waals surface area contributed by atoms with Crippen LogP contribution in [0.4, 0.5) is 0 Å². The highest BCUT2D eigenvalue weighted by Crippen LogP contribution is 2.35. The minimum absolute atomic E-state index is 0.0200. The van der Waals surface area contributed by atoms with Crippen LogP contribution in [0.3, 0.4) is 0 Å². The lowest BCUT2D eigenvalue weighted by atomic mass is 9.87. The maximum atomic E-state index is 12.2. The monoisotopic (exact) mass is 239 g/mol. The van der Waals surface area contributed by atoms with Crippen molar-refractivity contribution in [2.24, 2.45) is 0 Å². The lowest BCUT2D eigenvalue weighted by molar-refractivity contribution is -0.132. The van der Waals surface area contributed by atoms with E-state index in [4.69, 9.17) is 5.11 Å². The van der Waals surface area contributed by atoms with Crippen molar-refractivity contribution in [1.82, 2.24) is 4.90 Å². The number of rotatable bonds is 3. The minimum atomic E-state index is 0.0200. The fraction of sp³-hybridized carbons (Fsp3) is 0.583. The molecule has 4 heteroatoms. The zero-order chi connectivity index (χ0) is 11.5. The lowest BCUT2D eigenvalue weighted by Gasteiger charge is -2.26. The Hall–Kier alpha value is -0.870. The van der Waals surface area contributed by atoms with E-state index in [1.54, 1.807) is 23.3 Å². The van der Waals surface area contributed by atoms with Crippen molar-refractivity contribution in [3.63, 3.8) is 0 Å². The quantitative estimate of drug-likeness (QED) is 0.870. The highest BCUT2D eigenvalue weighted by Gasteiger charge is 2.28. The average Bonchev–Trinajstić information content (AvgIpc) is 2.76. The van der Waals surface area contributed by atoms with Crippen LogP contribution in [0.15, 0.2) is 11.4 Å². The van der Waals surface area contributed by atoms with Crippen LogP contribution in [-0.2, 0) is 11.2 Å². The molecule has 0 aromatic carbocycles. The van der Waals surface area contributed by atoms with E-state index in [2.05, 4.69) is 11.4 Å². The van der Waals surface area contributed by atoms with Gasteiger partial charge in [0.1, 0.15) is 0 Å². The third-order valence-electron chi connectivity index (χ3n) is 3.16. The number of fused-ring (bicyclic) bond motifs is 1. The molecule has 2 rings (SSSR count). The third-order valence-corrected chi connectivity index (χ3v) is 4.16. The van der Waals surface area contributed by atoms with Gasteiger partial charge < -0.3 is 10.0 Å². The van der Waals surface area contributed by atoms with Crippen LogP contribution in [0.2, 0.25) is 0 Å². The van der Waals surface area contributed by atoms with Crippen molar-refractivity contribution in [2.45, 2.75) is 25.2 Å². The summed E-state index contributed by atoms with van der Waals surface area (Å²) in [4.78, 5) is 15.2. The number of hydrogen-bond donors (Lipinski definition) is 1. The van der Waals surface area contributed by atoms with Crippen molar-refractivity contribution in [1.29, 1.82) is 0 Å². The number of nitrogens with zero attached hydrogens (tertiary/aromatic N) is 1. The molecule has 1 unspecified atom stereocenters. The SMILES string of the molecule is CN(CCO)C(=O)C1CCCc2sccc21. The van der Waals surface area contributed by atoms with Crippen LogP contribution in [0.1, 0.15) is 29.2 Å². The second-order valence-corrected chi connectivity index (χ2v) is 5.23. The number of aliphatic hydroxyl groups is 1. The molecule has 0 radical (unpaired) electrons. The zero-order valence-corrected chi connectivity index (χ0v) is 10.3. The molecule has 0 fully saturated rings. The van der Waals surface area contributed by atoms with Gasteiger partial charge in [-0.1, -0.05) is 0 Å². The summed E-state index contributed by atoms with van der Waals surface area (Å²) in [5.41, 5.74) is 1.21. The van der Waals surface area contributed by atoms with Gasteiger partial charge in [-0.2, -0.15) is 0 Å². The minimum Gasteiger partial charge on any atom is -0.395 e. The number of likely N-dealkylation sites (N-methyl/N-ethyl adjacent to an activating group) is 1. The van der Waals surface area contributed by atoms with E-state index in [1.807, 2.05) is 0 Å². The molecule has 1 aromatic rings. The van der Waals surface area contributed by atoms with Gasteiger partial charge in [-0.05, 0) is 36.3 Å². The summed E-state index contributed by atoms with van der Waals surface area (Å²) in [5.74, 6) is 0.167. The van der Waals surface area contributed by atoms with Gasteiger partial charge in [0.05, 0.1) is 12.5 Å². The number of thiophene rings is 1. The van der Waals surface area contributed by atoms with Crippen LogP contribution in [0, 0.1) is 0 Å². The summed E-state index contributed by atoms with van der Waals surface area (Å²) in [6.45, 7) is 0.459. The number of carbonyl (C=O) groups excluding carboxylic acids is 1. The second kappa shape index (κ2) is 4.97. The van der Waals surface area contributed by atoms with E-state index in [0.29, 0.717) is 6.54 Å². The Morgan fingerprint density at radius 2 is 2.50 bits per heavy atom. The van der Waals surface area contributed by atoms with E-state index >= 15 is 0 Å². The molecule has 1 aliphatic carbocycles. The first-order valence-corrected chi connectivity index (χ1v) is 6.54. The second-order valence-electron chi connectivity index (χ2n) is 4.23. The smallest absolute Gasteiger partial charge is 0.229 e. The normalized spacial score (nSPS) is 19.2. The van der Waals surface area contributed by atoms with Crippen molar-refractivity contribution in [2.75, 3.05) is 20.2 Å². The molecule has 16 heavy (non-hydrogen) atoms. The number of aryl methyl sites for hydroxylation is 1. The number of hydrogen-bond acceptors (Lipinski definition) is 3. The van der Waals surface area contributed by atoms with Crippen molar-refractivity contribution in [3.8, 4) is 0 Å². The Bertz CT molecular complexity index is 375. The van der Waals surface area contributed by atoms with Gasteiger partial charge in [-0.3, -0.25) is 4.79 Å². The molecule has 1 atom stereocenters. The first-order valence-electron chi connectivity index (χ1n) is 5.66. The average molecular weight is 239 g/mol. The molecule has 88 valence electrons. The predicted octanol–water partition coefficient (Wildman–Crippen LogP) is 1.62. The zero-order valence-electron chi connectivity index (χ0n) is 9.48. The summed E-state index contributed by atoms with van der Waals surface area (Å²) in [7, 11) is 1.76. The maximum Gasteiger partial charge on any atom is 0.229 e. The van der Waals surface area contributed by atoms with Gasteiger partial charge in [0.15, 0.2) is 0 Å². The largest absolute Gasteiger partial charge is 0.395 e. The molecule has 1 aliphatic rings. The van der Waals surface area contributed by atoms with E-state index in [-0.39, 0.29) is 18.4 Å². The van der Waals surface area contributed by atoms with Crippen LogP contribution in [0.25, 0.3) is 0 Å². The Morgan fingerprint density at radius 1 is 1.69 bits per heavy atom. The Morgan fingerprint density at radius 3 is 3.25 bits per heavy atom. The summed E-state index contributed by atoms with van der Waals surface area (Å²) < 4.78 is 0. The molecule has 0 spiro atoms. The van der Waals surface area contributed by atoms with E-state index in [9.17, 15) is 4.79 Å². The Balaban J connectivity index is 2.15. The van der Waals surface area contributed by atoms with E-state index in [0.717, 1.165) is 19.3 Å². The van der Waals surface area contributed by atoms with E-state index in [1.165, 1.54) is 10.4 Å². The number of amides is 1. The topological polar surface area (TPSA) is 40.5 Å². The molecule has 0 bridgehead atoms. The van der Waals surface area contributed by atoms with Gasteiger partial charge in [0, 0.05) is 18.5 Å².